The Hall–Kier alpha value is -0.940. The van der Waals surface area contributed by atoms with E-state index >= 15 is 0 Å². The molecular formula is C25H49NO4. The van der Waals surface area contributed by atoms with Crippen molar-refractivity contribution in [3.63, 3.8) is 0 Å². The van der Waals surface area contributed by atoms with E-state index in [1.807, 2.05) is 13.8 Å². The van der Waals surface area contributed by atoms with Gasteiger partial charge in [-0.15, -0.1) is 0 Å². The van der Waals surface area contributed by atoms with E-state index < -0.39 is 0 Å². The van der Waals surface area contributed by atoms with Crippen LogP contribution in [0, 0.1) is 23.7 Å². The van der Waals surface area contributed by atoms with Crippen LogP contribution in [0.4, 0.5) is 0 Å². The molecular weight excluding hydrogens is 378 g/mol. The van der Waals surface area contributed by atoms with Crippen molar-refractivity contribution < 1.29 is 20.5 Å². The maximum absolute atomic E-state index is 11.5. The van der Waals surface area contributed by atoms with Crippen LogP contribution in [-0.2, 0) is 19.1 Å². The van der Waals surface area contributed by atoms with Gasteiger partial charge in [0.2, 0.25) is 5.91 Å². The van der Waals surface area contributed by atoms with Gasteiger partial charge >= 0.3 is 0 Å². The van der Waals surface area contributed by atoms with Crippen molar-refractivity contribution in [1.29, 1.82) is 0 Å². The summed E-state index contributed by atoms with van der Waals surface area (Å²) in [5.41, 5.74) is 5.08. The Morgan fingerprint density at radius 1 is 0.900 bits per heavy atom. The van der Waals surface area contributed by atoms with Crippen molar-refractivity contribution >= 4 is 11.7 Å². The quantitative estimate of drug-likeness (QED) is 0.439. The summed E-state index contributed by atoms with van der Waals surface area (Å²) in [6.07, 6.45) is 12.7. The fourth-order valence-corrected chi connectivity index (χ4v) is 4.35. The van der Waals surface area contributed by atoms with Crippen LogP contribution in [-0.4, -0.2) is 37.6 Å². The molecule has 2 rings (SSSR count). The molecule has 0 heterocycles. The van der Waals surface area contributed by atoms with Crippen LogP contribution in [0.3, 0.4) is 0 Å². The van der Waals surface area contributed by atoms with E-state index in [0.717, 1.165) is 38.4 Å². The van der Waals surface area contributed by atoms with Crippen LogP contribution < -0.4 is 5.73 Å². The molecule has 0 unspecified atom stereocenters. The second-order valence-electron chi connectivity index (χ2n) is 9.81. The van der Waals surface area contributed by atoms with Gasteiger partial charge in [0.1, 0.15) is 5.78 Å². The molecule has 30 heavy (non-hydrogen) atoms. The summed E-state index contributed by atoms with van der Waals surface area (Å²) in [6.45, 7) is 10.6. The molecule has 2 aliphatic rings. The standard InChI is InChI=1S/C15H29NO3.C10H18O.H2/c1-12(2)19-11-14-7-5-13(6-8-14)10-18-9-3-4-15(16)17;1-8(2)10(11)9-6-4-3-5-7-9;/h12-14H,3-11H2,1-2H3,(H2,16,17);8-9H,3-7H2,1-2H3;1H. The van der Waals surface area contributed by atoms with E-state index in [1.165, 1.54) is 44.9 Å². The number of ether oxygens (including phenoxy) is 2. The predicted octanol–water partition coefficient (Wildman–Crippen LogP) is 5.54. The minimum atomic E-state index is -0.241. The lowest BCUT2D eigenvalue weighted by molar-refractivity contribution is -0.126. The Bertz CT molecular complexity index is 470. The first-order valence-electron chi connectivity index (χ1n) is 12.3. The summed E-state index contributed by atoms with van der Waals surface area (Å²) in [4.78, 5) is 22.1. The van der Waals surface area contributed by atoms with Crippen LogP contribution in [0.5, 0.6) is 0 Å². The second kappa shape index (κ2) is 15.8. The number of carbonyl (C=O) groups is 2. The third kappa shape index (κ3) is 12.7. The molecule has 0 spiro atoms. The van der Waals surface area contributed by atoms with Crippen LogP contribution in [0.15, 0.2) is 0 Å². The molecule has 2 aliphatic carbocycles. The summed E-state index contributed by atoms with van der Waals surface area (Å²) in [5.74, 6) is 2.32. The summed E-state index contributed by atoms with van der Waals surface area (Å²) < 4.78 is 11.3. The number of hydrogen-bond acceptors (Lipinski definition) is 4. The van der Waals surface area contributed by atoms with E-state index in [4.69, 9.17) is 15.2 Å². The zero-order valence-electron chi connectivity index (χ0n) is 20.0. The fourth-order valence-electron chi connectivity index (χ4n) is 4.35. The van der Waals surface area contributed by atoms with Gasteiger partial charge in [0.25, 0.3) is 0 Å². The second-order valence-corrected chi connectivity index (χ2v) is 9.81. The highest BCUT2D eigenvalue weighted by molar-refractivity contribution is 5.82. The van der Waals surface area contributed by atoms with Crippen molar-refractivity contribution in [2.75, 3.05) is 19.8 Å². The van der Waals surface area contributed by atoms with E-state index in [-0.39, 0.29) is 13.3 Å². The number of primary amides is 1. The molecule has 5 heteroatoms. The van der Waals surface area contributed by atoms with Crippen molar-refractivity contribution in [3.05, 3.63) is 0 Å². The lowest BCUT2D eigenvalue weighted by Crippen LogP contribution is -2.23. The molecule has 2 saturated carbocycles. The first kappa shape index (κ1) is 27.1. The maximum Gasteiger partial charge on any atom is 0.217 e. The van der Waals surface area contributed by atoms with Crippen molar-refractivity contribution in [2.45, 2.75) is 104 Å². The van der Waals surface area contributed by atoms with Gasteiger partial charge in [-0.1, -0.05) is 33.1 Å². The summed E-state index contributed by atoms with van der Waals surface area (Å²) >= 11 is 0. The van der Waals surface area contributed by atoms with Gasteiger partial charge in [0, 0.05) is 39.5 Å². The Kier molecular flexibility index (Phi) is 14.3. The van der Waals surface area contributed by atoms with Gasteiger partial charge in [0.05, 0.1) is 6.10 Å². The highest BCUT2D eigenvalue weighted by Gasteiger charge is 2.23. The van der Waals surface area contributed by atoms with Crippen molar-refractivity contribution in [2.24, 2.45) is 29.4 Å². The number of nitrogens with two attached hydrogens (primary N) is 1. The Morgan fingerprint density at radius 2 is 1.47 bits per heavy atom. The Morgan fingerprint density at radius 3 is 1.97 bits per heavy atom. The molecule has 178 valence electrons. The summed E-state index contributed by atoms with van der Waals surface area (Å²) in [5, 5.41) is 0. The van der Waals surface area contributed by atoms with Gasteiger partial charge < -0.3 is 15.2 Å². The average Bonchev–Trinajstić information content (AvgIpc) is 2.73. The first-order valence-corrected chi connectivity index (χ1v) is 12.3. The lowest BCUT2D eigenvalue weighted by Gasteiger charge is -2.28. The number of amides is 1. The molecule has 0 aromatic heterocycles. The molecule has 0 bridgehead atoms. The van der Waals surface area contributed by atoms with Crippen LogP contribution in [0.25, 0.3) is 0 Å². The maximum atomic E-state index is 11.5. The third-order valence-corrected chi connectivity index (χ3v) is 6.27. The van der Waals surface area contributed by atoms with Gasteiger partial charge in [-0.3, -0.25) is 9.59 Å². The Balaban J connectivity index is 0.000000640. The molecule has 0 aromatic carbocycles. The molecule has 0 aliphatic heterocycles. The molecule has 0 radical (unpaired) electrons. The molecule has 0 aromatic rings. The monoisotopic (exact) mass is 427 g/mol. The van der Waals surface area contributed by atoms with Crippen LogP contribution >= 0.6 is 0 Å². The smallest absolute Gasteiger partial charge is 0.217 e. The normalized spacial score (nSPS) is 22.6. The van der Waals surface area contributed by atoms with Crippen LogP contribution in [0.2, 0.25) is 0 Å². The lowest BCUT2D eigenvalue weighted by atomic mass is 9.83. The SMILES string of the molecule is CC(C)C(=O)C1CCCCC1.CC(C)OCC1CCC(COCCCC(N)=O)CC1.[HH]. The largest absolute Gasteiger partial charge is 0.381 e. The van der Waals surface area contributed by atoms with E-state index in [9.17, 15) is 9.59 Å². The zero-order valence-corrected chi connectivity index (χ0v) is 20.0. The number of Topliss-reactive ketones (excluding diaryl/α,β-unsaturated/α-hetero) is 1. The van der Waals surface area contributed by atoms with Gasteiger partial charge in [-0.2, -0.15) is 0 Å². The third-order valence-electron chi connectivity index (χ3n) is 6.27. The molecule has 0 saturated heterocycles. The molecule has 2 N–H and O–H groups in total. The zero-order chi connectivity index (χ0) is 22.4. The van der Waals surface area contributed by atoms with Crippen LogP contribution in [0.1, 0.15) is 99.8 Å². The number of rotatable bonds is 11. The Labute approximate surface area is 186 Å². The van der Waals surface area contributed by atoms with Crippen molar-refractivity contribution in [1.82, 2.24) is 0 Å². The summed E-state index contributed by atoms with van der Waals surface area (Å²) in [7, 11) is 0. The molecule has 5 nitrogen and oxygen atoms in total. The van der Waals surface area contributed by atoms with Gasteiger partial charge in [-0.25, -0.2) is 0 Å². The van der Waals surface area contributed by atoms with Crippen molar-refractivity contribution in [3.8, 4) is 0 Å². The number of hydrogen-bond donors (Lipinski definition) is 1. The van der Waals surface area contributed by atoms with E-state index in [0.29, 0.717) is 36.8 Å². The molecule has 2 fully saturated rings. The summed E-state index contributed by atoms with van der Waals surface area (Å²) in [6, 6.07) is 0. The predicted molar refractivity (Wildman–Crippen MR) is 124 cm³/mol. The number of carbonyl (C=O) groups excluding carboxylic acids is 2. The van der Waals surface area contributed by atoms with E-state index in [1.54, 1.807) is 0 Å². The first-order chi connectivity index (χ1) is 14.3. The average molecular weight is 428 g/mol. The molecule has 1 amide bonds. The topological polar surface area (TPSA) is 78.6 Å². The number of ketones is 1. The van der Waals surface area contributed by atoms with Gasteiger partial charge in [-0.05, 0) is 70.6 Å². The highest BCUT2D eigenvalue weighted by Crippen LogP contribution is 2.29. The highest BCUT2D eigenvalue weighted by atomic mass is 16.5. The van der Waals surface area contributed by atoms with Gasteiger partial charge in [0.15, 0.2) is 0 Å². The fraction of sp³-hybridized carbons (Fsp3) is 0.920. The minimum Gasteiger partial charge on any atom is -0.381 e. The van der Waals surface area contributed by atoms with E-state index in [2.05, 4.69) is 13.8 Å². The minimum absolute atomic E-state index is 0. The molecule has 0 atom stereocenters.